The molecule has 1 aromatic carbocycles. The van der Waals surface area contributed by atoms with E-state index in [4.69, 9.17) is 9.47 Å². The average molecular weight is 339 g/mol. The zero-order valence-electron chi connectivity index (χ0n) is 11.7. The molecule has 0 spiro atoms. The van der Waals surface area contributed by atoms with Crippen LogP contribution in [0.25, 0.3) is 11.4 Å². The Labute approximate surface area is 125 Å². The van der Waals surface area contributed by atoms with Gasteiger partial charge in [-0.25, -0.2) is 4.98 Å². The number of aromatic nitrogens is 2. The van der Waals surface area contributed by atoms with E-state index in [1.165, 1.54) is 0 Å². The maximum Gasteiger partial charge on any atom is 0.254 e. The summed E-state index contributed by atoms with van der Waals surface area (Å²) in [6.07, 6.45) is 0. The number of H-pyrrole nitrogens is 1. The highest BCUT2D eigenvalue weighted by Gasteiger charge is 2.14. The third-order valence-electron chi connectivity index (χ3n) is 3.12. The number of halogens is 1. The lowest BCUT2D eigenvalue weighted by Crippen LogP contribution is -2.14. The first-order chi connectivity index (χ1) is 9.47. The minimum absolute atomic E-state index is 0.144. The molecule has 2 aromatic rings. The first-order valence-corrected chi connectivity index (χ1v) is 6.76. The van der Waals surface area contributed by atoms with Crippen LogP contribution in [0, 0.1) is 13.8 Å². The summed E-state index contributed by atoms with van der Waals surface area (Å²) >= 11 is 3.46. The van der Waals surface area contributed by atoms with Gasteiger partial charge in [0.1, 0.15) is 5.82 Å². The molecule has 2 rings (SSSR count). The van der Waals surface area contributed by atoms with Crippen LogP contribution >= 0.6 is 15.9 Å². The number of nitrogens with one attached hydrogen (secondary N) is 1. The first kappa shape index (κ1) is 14.6. The second-order valence-corrected chi connectivity index (χ2v) is 5.17. The predicted octanol–water partition coefficient (Wildman–Crippen LogP) is 2.83. The Bertz CT molecular complexity index is 710. The highest BCUT2D eigenvalue weighted by atomic mass is 79.9. The molecule has 0 unspecified atom stereocenters. The monoisotopic (exact) mass is 338 g/mol. The van der Waals surface area contributed by atoms with Gasteiger partial charge in [-0.15, -0.1) is 0 Å². The first-order valence-electron chi connectivity index (χ1n) is 5.97. The Morgan fingerprint density at radius 2 is 1.75 bits per heavy atom. The molecule has 0 atom stereocenters. The molecule has 0 amide bonds. The van der Waals surface area contributed by atoms with E-state index in [0.29, 0.717) is 28.6 Å². The van der Waals surface area contributed by atoms with Gasteiger partial charge >= 0.3 is 0 Å². The highest BCUT2D eigenvalue weighted by molar-refractivity contribution is 9.10. The number of ether oxygens (including phenoxy) is 2. The Balaban J connectivity index is 2.67. The van der Waals surface area contributed by atoms with Crippen LogP contribution in [-0.2, 0) is 0 Å². The normalized spacial score (nSPS) is 10.4. The van der Waals surface area contributed by atoms with Crippen LogP contribution in [0.4, 0.5) is 0 Å². The van der Waals surface area contributed by atoms with Crippen molar-refractivity contribution in [3.8, 4) is 22.9 Å². The lowest BCUT2D eigenvalue weighted by Gasteiger charge is -2.12. The molecule has 0 aliphatic carbocycles. The largest absolute Gasteiger partial charge is 0.493 e. The van der Waals surface area contributed by atoms with Crippen molar-refractivity contribution in [2.75, 3.05) is 14.2 Å². The van der Waals surface area contributed by atoms with Crippen LogP contribution < -0.4 is 15.0 Å². The Hall–Kier alpha value is -1.82. The zero-order valence-corrected chi connectivity index (χ0v) is 13.3. The zero-order chi connectivity index (χ0) is 14.9. The van der Waals surface area contributed by atoms with Gasteiger partial charge in [-0.1, -0.05) is 0 Å². The summed E-state index contributed by atoms with van der Waals surface area (Å²) in [5.74, 6) is 1.67. The molecule has 1 heterocycles. The number of aromatic amines is 1. The Morgan fingerprint density at radius 3 is 2.30 bits per heavy atom. The third-order valence-corrected chi connectivity index (χ3v) is 3.78. The van der Waals surface area contributed by atoms with Crippen molar-refractivity contribution in [3.05, 3.63) is 38.2 Å². The van der Waals surface area contributed by atoms with Gasteiger partial charge in [0.15, 0.2) is 11.5 Å². The molecule has 0 saturated carbocycles. The molecular weight excluding hydrogens is 324 g/mol. The molecule has 0 fully saturated rings. The smallest absolute Gasteiger partial charge is 0.254 e. The summed E-state index contributed by atoms with van der Waals surface area (Å²) in [4.78, 5) is 19.0. The molecule has 20 heavy (non-hydrogen) atoms. The molecule has 1 N–H and O–H groups in total. The van der Waals surface area contributed by atoms with Crippen LogP contribution in [0.1, 0.15) is 11.3 Å². The van der Waals surface area contributed by atoms with Crippen molar-refractivity contribution >= 4 is 15.9 Å². The van der Waals surface area contributed by atoms with Gasteiger partial charge in [0.25, 0.3) is 5.56 Å². The van der Waals surface area contributed by atoms with Gasteiger partial charge in [-0.2, -0.15) is 0 Å². The number of aryl methyl sites for hydroxylation is 1. The molecule has 5 nitrogen and oxygen atoms in total. The van der Waals surface area contributed by atoms with Crippen molar-refractivity contribution in [3.63, 3.8) is 0 Å². The van der Waals surface area contributed by atoms with E-state index in [1.54, 1.807) is 33.3 Å². The molecule has 0 aliphatic rings. The second-order valence-electron chi connectivity index (χ2n) is 4.31. The van der Waals surface area contributed by atoms with E-state index in [-0.39, 0.29) is 5.56 Å². The van der Waals surface area contributed by atoms with Gasteiger partial charge < -0.3 is 14.5 Å². The number of hydrogen-bond acceptors (Lipinski definition) is 4. The van der Waals surface area contributed by atoms with E-state index in [9.17, 15) is 4.79 Å². The van der Waals surface area contributed by atoms with Crippen molar-refractivity contribution in [2.45, 2.75) is 13.8 Å². The van der Waals surface area contributed by atoms with E-state index in [2.05, 4.69) is 25.9 Å². The van der Waals surface area contributed by atoms with Gasteiger partial charge in [-0.05, 0) is 41.9 Å². The topological polar surface area (TPSA) is 64.2 Å². The van der Waals surface area contributed by atoms with Gasteiger partial charge in [0.2, 0.25) is 0 Å². The van der Waals surface area contributed by atoms with Crippen molar-refractivity contribution in [1.29, 1.82) is 0 Å². The maximum absolute atomic E-state index is 11.9. The number of hydrogen-bond donors (Lipinski definition) is 1. The number of methoxy groups -OCH3 is 2. The lowest BCUT2D eigenvalue weighted by molar-refractivity contribution is 0.355. The number of rotatable bonds is 3. The summed E-state index contributed by atoms with van der Waals surface area (Å²) in [6.45, 7) is 3.55. The van der Waals surface area contributed by atoms with E-state index in [0.717, 1.165) is 10.0 Å². The molecule has 0 saturated heterocycles. The highest BCUT2D eigenvalue weighted by Crippen LogP contribution is 2.37. The fourth-order valence-electron chi connectivity index (χ4n) is 1.81. The SMILES string of the molecule is COc1cc(Br)c(-c2nc(C)c(C)c(=O)[nH]2)cc1OC. The van der Waals surface area contributed by atoms with Crippen molar-refractivity contribution in [2.24, 2.45) is 0 Å². The fraction of sp³-hybridized carbons (Fsp3) is 0.286. The fourth-order valence-corrected chi connectivity index (χ4v) is 2.32. The van der Waals surface area contributed by atoms with Crippen molar-refractivity contribution < 1.29 is 9.47 Å². The third kappa shape index (κ3) is 2.56. The summed E-state index contributed by atoms with van der Waals surface area (Å²) in [6, 6.07) is 3.55. The number of benzene rings is 1. The molecule has 6 heteroatoms. The van der Waals surface area contributed by atoms with E-state index < -0.39 is 0 Å². The van der Waals surface area contributed by atoms with Crippen LogP contribution in [0.15, 0.2) is 21.4 Å². The summed E-state index contributed by atoms with van der Waals surface area (Å²) in [5, 5.41) is 0. The summed E-state index contributed by atoms with van der Waals surface area (Å²) in [7, 11) is 3.13. The van der Waals surface area contributed by atoms with Gasteiger partial charge in [0.05, 0.1) is 14.2 Å². The average Bonchev–Trinajstić information content (AvgIpc) is 2.43. The van der Waals surface area contributed by atoms with Gasteiger partial charge in [-0.3, -0.25) is 4.79 Å². The standard InChI is InChI=1S/C14H15BrN2O3/c1-7-8(2)16-13(17-14(7)18)9-5-11(19-3)12(20-4)6-10(9)15/h5-6H,1-4H3,(H,16,17,18). The van der Waals surface area contributed by atoms with Crippen LogP contribution in [0.5, 0.6) is 11.5 Å². The molecule has 1 aromatic heterocycles. The van der Waals surface area contributed by atoms with E-state index in [1.807, 2.05) is 6.92 Å². The quantitative estimate of drug-likeness (QED) is 0.934. The molecule has 0 aliphatic heterocycles. The van der Waals surface area contributed by atoms with Crippen LogP contribution in [0.2, 0.25) is 0 Å². The van der Waals surface area contributed by atoms with Crippen LogP contribution in [-0.4, -0.2) is 24.2 Å². The number of nitrogens with zero attached hydrogens (tertiary/aromatic N) is 1. The lowest BCUT2D eigenvalue weighted by atomic mass is 10.1. The minimum Gasteiger partial charge on any atom is -0.493 e. The van der Waals surface area contributed by atoms with Crippen molar-refractivity contribution in [1.82, 2.24) is 9.97 Å². The molecule has 0 radical (unpaired) electrons. The second kappa shape index (κ2) is 5.66. The predicted molar refractivity (Wildman–Crippen MR) is 80.6 cm³/mol. The Kier molecular flexibility index (Phi) is 4.13. The van der Waals surface area contributed by atoms with Gasteiger partial charge in [0, 0.05) is 21.3 Å². The molecular formula is C14H15BrN2O3. The summed E-state index contributed by atoms with van der Waals surface area (Å²) < 4.78 is 11.3. The Morgan fingerprint density at radius 1 is 1.15 bits per heavy atom. The molecule has 106 valence electrons. The molecule has 0 bridgehead atoms. The maximum atomic E-state index is 11.9. The van der Waals surface area contributed by atoms with E-state index >= 15 is 0 Å². The minimum atomic E-state index is -0.144. The summed E-state index contributed by atoms with van der Waals surface area (Å²) in [5.41, 5.74) is 1.91. The van der Waals surface area contributed by atoms with Crippen LogP contribution in [0.3, 0.4) is 0 Å².